The Morgan fingerprint density at radius 1 is 0.412 bits per heavy atom. The zero-order valence-corrected chi connectivity index (χ0v) is 82.3. The van der Waals surface area contributed by atoms with Crippen molar-refractivity contribution in [2.24, 2.45) is 17.2 Å². The summed E-state index contributed by atoms with van der Waals surface area (Å²) in [6.45, 7) is -0.693. The second-order valence-corrected chi connectivity index (χ2v) is 48.6. The monoisotopic (exact) mass is 2260 g/mol. The van der Waals surface area contributed by atoms with E-state index in [9.17, 15) is 123 Å². The van der Waals surface area contributed by atoms with Crippen molar-refractivity contribution in [2.75, 3.05) is 69.0 Å². The molecule has 3 aromatic heterocycles. The molecule has 0 aliphatic carbocycles. The fraction of sp³-hybridized carbons (Fsp3) is 0.574. The van der Waals surface area contributed by atoms with Crippen molar-refractivity contribution >= 4 is 149 Å². The number of phosphoric ester groups is 4. The number of amides is 2. The van der Waals surface area contributed by atoms with E-state index in [1.807, 2.05) is 0 Å². The zero-order valence-electron chi connectivity index (χ0n) is 68.3. The first-order valence-corrected chi connectivity index (χ1v) is 59.6. The number of nitrogen functional groups attached to an aromatic ring is 1. The topological polar surface area (TPSA) is 994 Å². The van der Waals surface area contributed by atoms with Gasteiger partial charge in [0.05, 0.1) is 75.1 Å². The first kappa shape index (κ1) is 119. The highest BCUT2D eigenvalue weighted by atomic mass is 33.1. The highest BCUT2D eigenvalue weighted by Crippen LogP contribution is 2.70. The van der Waals surface area contributed by atoms with Crippen LogP contribution < -0.4 is 56.4 Å². The molecule has 4 fully saturated rings. The Balaban J connectivity index is 0.000000371. The van der Waals surface area contributed by atoms with Gasteiger partial charge in [-0.15, -0.1) is 0 Å². The predicted molar refractivity (Wildman–Crippen MR) is 457 cm³/mol. The fourth-order valence-electron chi connectivity index (χ4n) is 11.2. The number of anilines is 1. The zero-order chi connectivity index (χ0) is 102. The van der Waals surface area contributed by atoms with Gasteiger partial charge in [-0.05, 0) is 0 Å². The van der Waals surface area contributed by atoms with E-state index in [1.54, 1.807) is 13.8 Å². The van der Waals surface area contributed by atoms with Gasteiger partial charge in [-0.1, -0.05) is 104 Å². The van der Waals surface area contributed by atoms with Crippen LogP contribution in [0.5, 0.6) is 0 Å². The number of phosphoric acid groups is 12. The normalized spacial score (nSPS) is 25.6. The van der Waals surface area contributed by atoms with E-state index in [2.05, 4.69) is 102 Å². The van der Waals surface area contributed by atoms with Crippen LogP contribution in [0.4, 0.5) is 10.6 Å². The van der Waals surface area contributed by atoms with E-state index in [-0.39, 0.29) is 90.6 Å². The van der Waals surface area contributed by atoms with Crippen LogP contribution in [0.2, 0.25) is 0 Å². The summed E-state index contributed by atoms with van der Waals surface area (Å²) in [4.78, 5) is 234. The summed E-state index contributed by atoms with van der Waals surface area (Å²) in [5.41, 5.74) is 18.1. The lowest BCUT2D eigenvalue weighted by Crippen LogP contribution is -2.54. The van der Waals surface area contributed by atoms with Crippen molar-refractivity contribution in [1.82, 2.24) is 38.9 Å². The van der Waals surface area contributed by atoms with Gasteiger partial charge in [-0.25, -0.2) is 74.0 Å². The Morgan fingerprint density at radius 3 is 1.01 bits per heavy atom. The molecule has 3 aromatic rings. The molecule has 0 radical (unpaired) electrons. The number of hydrogen-bond acceptors (Lipinski definition) is 47. The van der Waals surface area contributed by atoms with Crippen molar-refractivity contribution in [3.8, 4) is 47.4 Å². The second kappa shape index (κ2) is 51.1. The van der Waals surface area contributed by atoms with Gasteiger partial charge in [0, 0.05) is 63.3 Å². The van der Waals surface area contributed by atoms with Gasteiger partial charge in [0.2, 0.25) is 0 Å². The number of nitrogens with one attached hydrogen (secondary N) is 3. The number of ether oxygens (including phenoxy) is 8. The minimum atomic E-state index is -5.90. The third-order valence-corrected chi connectivity index (χ3v) is 34.9. The average molecular weight is 2260 g/mol. The maximum Gasteiger partial charge on any atom is 0.490 e. The average Bonchev–Trinajstić information content (AvgIpc) is 1.66. The predicted octanol–water partition coefficient (Wildman–Crippen LogP) is -0.614. The number of nitrogens with zero attached hydrogens (tertiary/aromatic N) is 5. The smallest absolute Gasteiger partial charge is 0.382 e. The number of carbonyl (C=O) groups is 1. The van der Waals surface area contributed by atoms with Gasteiger partial charge in [0.1, 0.15) is 96.2 Å². The Bertz CT molecular complexity index is 6030. The molecule has 2 amide bonds. The number of hydrogen-bond donors (Lipinski definition) is 23. The Morgan fingerprint density at radius 2 is 0.699 bits per heavy atom. The first-order chi connectivity index (χ1) is 62.8. The van der Waals surface area contributed by atoms with Gasteiger partial charge in [-0.3, -0.25) is 56.3 Å². The minimum absolute atomic E-state index is 0.0595. The number of H-pyrrole nitrogens is 2. The third kappa shape index (κ3) is 40.8. The molecule has 0 spiro atoms. The van der Waals surface area contributed by atoms with Crippen LogP contribution in [0.15, 0.2) is 54.3 Å². The fourth-order valence-corrected chi connectivity index (χ4v) is 26.0. The SMILES string of the molecule is CCC#Cc1cn([C@H]2C[C@@H](OCSSCO[C@@H]3C[C@H](N4C=C(C#CCN)C(N)NC4=O)O[C@@H]3COP(=O)(O)OP(=O)(O)OP(=O)(O)O)[C@@H](COP(=O)(O)OP(=O)(O)OP(=O)(O)O)O2)c(=O)[nH]c1=O.CCC#Cc1cn([C@H]2C[C@@H](OCSSCO[C@@H]3C[C@H](n4cc(C#CCN)c(N)nc4=O)O[C@@H]3COP(=O)(O)OP(=O)(O)OP(=O)(O)O)[C@@H](COP(=O)(O)OP(=O)(O)OP(=O)(O)O)O2)c(=O)[nH]c1=O. The molecule has 8 heterocycles. The third-order valence-electron chi connectivity index (χ3n) is 16.2. The number of nitrogens with two attached hydrogens (primary N) is 4. The Labute approximate surface area is 777 Å². The molecular weight excluding hydrogens is 2180 g/mol. The van der Waals surface area contributed by atoms with Crippen molar-refractivity contribution in [2.45, 2.75) is 132 Å². The van der Waals surface area contributed by atoms with Crippen LogP contribution in [0, 0.1) is 47.4 Å². The molecular formula is C54H82N12O54P12S4. The molecule has 0 saturated carbocycles. The number of rotatable bonds is 46. The summed E-state index contributed by atoms with van der Waals surface area (Å²) < 4.78 is 240. The quantitative estimate of drug-likeness (QED) is 0.0110. The molecule has 0 aromatic carbocycles. The van der Waals surface area contributed by atoms with Crippen molar-refractivity contribution < 1.29 is 228 Å². The first-order valence-electron chi connectivity index (χ1n) is 36.5. The molecule has 9 unspecified atom stereocenters. The molecule has 5 aliphatic heterocycles. The highest BCUT2D eigenvalue weighted by molar-refractivity contribution is 8.76. The molecule has 766 valence electrons. The summed E-state index contributed by atoms with van der Waals surface area (Å²) in [6, 6.07) is -0.773. The minimum Gasteiger partial charge on any atom is -0.382 e. The van der Waals surface area contributed by atoms with Gasteiger partial charge in [0.15, 0.2) is 0 Å². The summed E-state index contributed by atoms with van der Waals surface area (Å²) in [7, 11) is -65.2. The molecule has 66 nitrogen and oxygen atoms in total. The maximum absolute atomic E-state index is 12.9. The van der Waals surface area contributed by atoms with Crippen molar-refractivity contribution in [3.05, 3.63) is 99.2 Å². The highest BCUT2D eigenvalue weighted by Gasteiger charge is 2.51. The van der Waals surface area contributed by atoms with Gasteiger partial charge in [-0.2, -0.15) is 39.5 Å². The maximum atomic E-state index is 12.9. The Kier molecular flexibility index (Phi) is 44.6. The lowest BCUT2D eigenvalue weighted by atomic mass is 10.1. The molecule has 8 rings (SSSR count). The number of urea groups is 1. The molecule has 136 heavy (non-hydrogen) atoms. The van der Waals surface area contributed by atoms with E-state index in [0.717, 1.165) is 74.2 Å². The van der Waals surface area contributed by atoms with Crippen molar-refractivity contribution in [1.29, 1.82) is 0 Å². The summed E-state index contributed by atoms with van der Waals surface area (Å²) in [5, 5.41) is 2.45. The summed E-state index contributed by atoms with van der Waals surface area (Å²) in [5.74, 6) is 19.6. The van der Waals surface area contributed by atoms with E-state index in [4.69, 9.17) is 118 Å². The molecule has 21 atom stereocenters. The lowest BCUT2D eigenvalue weighted by molar-refractivity contribution is -0.0609. The standard InChI is InChI=1S/C27H42N6O27P6S2.C27H40N6O27P6S2/c2*1-2-3-5-17-11-33(27(36)31-25(17)34)23-9-19(21(56-23)13-54-64(45,46)60-66(49,50)58-62(40,41)42)52-15-68-67-14-51-18-8-22(32-10-16(6-4-7-28)24(29)30-26(32)35)55-20(18)12-53-63(43,44)59-65(47,48)57-61(37,38)39/h10-11,18-24H,2,7-9,12-15,28-29H2,1H3,(H,30,35)(H,43,44)(H,45,46)(H,47,48)(H,49,50)(H,31,34,36)(H2,37,38,39)(H2,40,41,42);10-11,18-23H,2,7-9,12-15,28H2,1H3,(H,43,44)(H,45,46)(H,47,48)(H,49,50)(H2,29,30,35)(H,31,34,36)(H2,37,38,39)(H2,40,41,42)/t18-,19-,20-,21-,22-,23-,24?;18-,19-,20-,21-,22-,23-/m11/s1. The molecule has 4 saturated heterocycles. The van der Waals surface area contributed by atoms with Crippen LogP contribution in [0.3, 0.4) is 0 Å². The number of aromatic amines is 2. The molecule has 82 heteroatoms. The van der Waals surface area contributed by atoms with E-state index >= 15 is 0 Å². The Hall–Kier alpha value is -4.11. The molecule has 0 bridgehead atoms. The van der Waals surface area contributed by atoms with Gasteiger partial charge < -0.3 is 144 Å². The largest absolute Gasteiger partial charge is 0.490 e. The number of aromatic nitrogens is 6. The summed E-state index contributed by atoms with van der Waals surface area (Å²) >= 11 is 0. The van der Waals surface area contributed by atoms with E-state index < -0.39 is 234 Å². The van der Waals surface area contributed by atoms with Crippen LogP contribution in [0.1, 0.15) is 87.7 Å². The van der Waals surface area contributed by atoms with E-state index in [1.165, 1.54) is 12.4 Å². The van der Waals surface area contributed by atoms with E-state index in [0.29, 0.717) is 12.8 Å². The van der Waals surface area contributed by atoms with Gasteiger partial charge in [0.25, 0.3) is 11.1 Å². The van der Waals surface area contributed by atoms with Crippen LogP contribution in [-0.2, 0) is 145 Å². The van der Waals surface area contributed by atoms with Crippen molar-refractivity contribution in [3.63, 3.8) is 0 Å². The van der Waals surface area contributed by atoms with Crippen LogP contribution in [0.25, 0.3) is 0 Å². The molecule has 27 N–H and O–H groups in total. The lowest BCUT2D eigenvalue weighted by Gasteiger charge is -2.32. The second-order valence-electron chi connectivity index (χ2n) is 26.2. The van der Waals surface area contributed by atoms with Crippen LogP contribution >= 0.6 is 137 Å². The van der Waals surface area contributed by atoms with Crippen LogP contribution in [-0.4, -0.2) is 242 Å². The number of carbonyl (C=O) groups excluding carboxylic acids is 1. The van der Waals surface area contributed by atoms with Gasteiger partial charge >= 0.3 is 117 Å². The summed E-state index contributed by atoms with van der Waals surface area (Å²) in [6.07, 6.45) is -11.7. The molecule has 5 aliphatic rings.